The maximum atomic E-state index is 12.9. The number of aromatic nitrogens is 7. The zero-order valence-electron chi connectivity index (χ0n) is 54.7. The first-order chi connectivity index (χ1) is 47.6. The molecule has 0 radical (unpaired) electrons. The van der Waals surface area contributed by atoms with Gasteiger partial charge in [0, 0.05) is 75.4 Å². The van der Waals surface area contributed by atoms with Crippen molar-refractivity contribution in [2.24, 2.45) is 49.4 Å². The molecule has 528 valence electrons. The lowest BCUT2D eigenvalue weighted by molar-refractivity contribution is -0.138. The highest BCUT2D eigenvalue weighted by Gasteiger charge is 2.32. The van der Waals surface area contributed by atoms with Crippen LogP contribution in [-0.4, -0.2) is 110 Å². The van der Waals surface area contributed by atoms with Gasteiger partial charge in [-0.3, -0.25) is 9.89 Å². The average molecular weight is 1500 g/mol. The Labute approximate surface area is 585 Å². The maximum Gasteiger partial charge on any atom is 0.416 e. The molecular weight excluding hydrogens is 1430 g/mol. The van der Waals surface area contributed by atoms with Gasteiger partial charge in [-0.15, -0.1) is 20.4 Å². The molecule has 2 heterocycles. The average Bonchev–Trinajstić information content (AvgIpc) is 0.875. The highest BCUT2D eigenvalue weighted by atomic mass is 79.9. The first-order valence-electron chi connectivity index (χ1n) is 30.0. The molecule has 0 aliphatic heterocycles. The van der Waals surface area contributed by atoms with Crippen LogP contribution in [0.25, 0.3) is 22.5 Å². The van der Waals surface area contributed by atoms with Gasteiger partial charge >= 0.3 is 12.4 Å². The summed E-state index contributed by atoms with van der Waals surface area (Å²) in [5.74, 6) is 11.4. The van der Waals surface area contributed by atoms with Crippen LogP contribution in [-0.2, 0) is 44.2 Å². The molecule has 36 heteroatoms. The number of H-pyrrole nitrogens is 1. The Bertz CT molecular complexity index is 4590. The quantitative estimate of drug-likeness (QED) is 0.00733. The number of carbonyl (C=O) groups is 1. The number of tetrazole rings is 1. The molecule has 1 saturated carbocycles. The Balaban J connectivity index is 0.000000188. The van der Waals surface area contributed by atoms with Crippen molar-refractivity contribution in [2.45, 2.75) is 79.3 Å². The van der Waals surface area contributed by atoms with Crippen LogP contribution in [0.1, 0.15) is 65.5 Å². The normalized spacial score (nSPS) is 13.1. The van der Waals surface area contributed by atoms with E-state index in [9.17, 15) is 48.0 Å². The van der Waals surface area contributed by atoms with Crippen LogP contribution >= 0.6 is 27.7 Å². The van der Waals surface area contributed by atoms with E-state index in [2.05, 4.69) is 140 Å². The van der Waals surface area contributed by atoms with Crippen LogP contribution in [0, 0.1) is 13.8 Å². The minimum Gasteiger partial charge on any atom is -0.382 e. The second kappa shape index (κ2) is 35.7. The first kappa shape index (κ1) is 77.3. The summed E-state index contributed by atoms with van der Waals surface area (Å²) in [5, 5.41) is 53.1. The summed E-state index contributed by atoms with van der Waals surface area (Å²) in [6.45, 7) is 4.22. The van der Waals surface area contributed by atoms with Crippen molar-refractivity contribution < 1.29 is 48.0 Å². The summed E-state index contributed by atoms with van der Waals surface area (Å²) in [5.41, 5.74) is 7.42. The number of benzene rings is 7. The number of anilines is 6. The van der Waals surface area contributed by atoms with E-state index < -0.39 is 43.5 Å². The minimum atomic E-state index is -4.51. The number of azo groups is 2. The molecule has 1 aliphatic rings. The van der Waals surface area contributed by atoms with Crippen molar-refractivity contribution in [3.63, 3.8) is 0 Å². The highest BCUT2D eigenvalue weighted by Crippen LogP contribution is 2.37. The number of rotatable bonds is 18. The Morgan fingerprint density at radius 2 is 1.19 bits per heavy atom. The van der Waals surface area contributed by atoms with Gasteiger partial charge in [0.2, 0.25) is 43.4 Å². The molecule has 0 unspecified atom stereocenters. The number of aryl methyl sites for hydroxylation is 3. The molecule has 0 atom stereocenters. The van der Waals surface area contributed by atoms with Gasteiger partial charge in [-0.05, 0) is 171 Å². The van der Waals surface area contributed by atoms with Crippen LogP contribution in [0.2, 0.25) is 0 Å². The second-order valence-electron chi connectivity index (χ2n) is 21.5. The number of halogens is 7. The largest absolute Gasteiger partial charge is 0.416 e. The highest BCUT2D eigenvalue weighted by molar-refractivity contribution is 9.10. The van der Waals surface area contributed by atoms with E-state index in [-0.39, 0.29) is 50.1 Å². The number of amides is 1. The van der Waals surface area contributed by atoms with E-state index in [1.165, 1.54) is 129 Å². The molecule has 9 aromatic rings. The van der Waals surface area contributed by atoms with E-state index in [1.54, 1.807) is 43.4 Å². The maximum absolute atomic E-state index is 12.9. The van der Waals surface area contributed by atoms with E-state index >= 15 is 0 Å². The van der Waals surface area contributed by atoms with Gasteiger partial charge in [0.1, 0.15) is 6.33 Å². The van der Waals surface area contributed by atoms with Crippen LogP contribution < -0.4 is 42.4 Å². The Hall–Kier alpha value is -10.0. The summed E-state index contributed by atoms with van der Waals surface area (Å²) in [6.07, 6.45) is -1.69. The minimum absolute atomic E-state index is 0.0729. The Morgan fingerprint density at radius 3 is 1.68 bits per heavy atom. The topological polar surface area (TPSA) is 369 Å². The number of hydrazone groups is 2. The Morgan fingerprint density at radius 1 is 0.670 bits per heavy atom. The van der Waals surface area contributed by atoms with E-state index in [1.807, 2.05) is 24.3 Å². The van der Waals surface area contributed by atoms with Gasteiger partial charge in [-0.2, -0.15) is 56.7 Å². The van der Waals surface area contributed by atoms with Crippen molar-refractivity contribution in [3.8, 4) is 22.5 Å². The third-order valence-electron chi connectivity index (χ3n) is 14.6. The second-order valence-corrected chi connectivity index (χ2v) is 27.1. The van der Waals surface area contributed by atoms with Gasteiger partial charge in [-0.1, -0.05) is 89.4 Å². The van der Waals surface area contributed by atoms with Crippen LogP contribution in [0.15, 0.2) is 202 Å². The molecule has 2 aromatic heterocycles. The zero-order chi connectivity index (χ0) is 72.8. The third kappa shape index (κ3) is 22.0. The molecule has 1 fully saturated rings. The molecular formula is C64H70BrF6N21O5S3. The van der Waals surface area contributed by atoms with Gasteiger partial charge in [0.15, 0.2) is 5.16 Å². The summed E-state index contributed by atoms with van der Waals surface area (Å²) >= 11 is 4.68. The monoisotopic (exact) mass is 1500 g/mol. The fourth-order valence-electron chi connectivity index (χ4n) is 9.82. The lowest BCUT2D eigenvalue weighted by Gasteiger charge is -2.25. The lowest BCUT2D eigenvalue weighted by atomic mass is 9.95. The Kier molecular flexibility index (Phi) is 27.6. The van der Waals surface area contributed by atoms with E-state index in [0.717, 1.165) is 58.5 Å². The lowest BCUT2D eigenvalue weighted by Crippen LogP contribution is -2.24. The summed E-state index contributed by atoms with van der Waals surface area (Å²) in [4.78, 5) is 17.3. The SMILES string of the molecule is CN=NC(=NN)c1cc(S(=O)(=O)NC)ccc1NC1CCCCC1.CN=NC(=NN)c1cc(S(=O)(=O)NC)ccc1Nc1cccc(C(F)(F)F)c1.Cc1cccc(C)c1-c1ccc(NC(=O)CSc2ncn[nH]2)cc1.Cn1nnc(-c2cc(Br)ccc2Nc2cccc(C(F)(F)F)c2)n1. The molecule has 100 heavy (non-hydrogen) atoms. The van der Waals surface area contributed by atoms with Gasteiger partial charge in [0.25, 0.3) is 0 Å². The summed E-state index contributed by atoms with van der Waals surface area (Å²) in [6, 6.07) is 38.0. The summed E-state index contributed by atoms with van der Waals surface area (Å²) < 4.78 is 131. The van der Waals surface area contributed by atoms with Gasteiger partial charge in [0.05, 0.1) is 33.7 Å². The van der Waals surface area contributed by atoms with Crippen LogP contribution in [0.3, 0.4) is 0 Å². The smallest absolute Gasteiger partial charge is 0.382 e. The molecule has 1 amide bonds. The number of hydrogen-bond acceptors (Lipinski definition) is 20. The van der Waals surface area contributed by atoms with E-state index in [4.69, 9.17) is 11.7 Å². The van der Waals surface area contributed by atoms with Crippen molar-refractivity contribution in [3.05, 3.63) is 190 Å². The number of sulfonamides is 2. The number of nitrogens with zero attached hydrogens (tertiary/aromatic N) is 12. The molecule has 11 N–H and O–H groups in total. The van der Waals surface area contributed by atoms with Crippen molar-refractivity contribution in [2.75, 3.05) is 55.2 Å². The number of alkyl halides is 6. The van der Waals surface area contributed by atoms with Crippen molar-refractivity contribution in [1.29, 1.82) is 0 Å². The number of aromatic amines is 1. The number of thioether (sulfide) groups is 1. The predicted molar refractivity (Wildman–Crippen MR) is 377 cm³/mol. The standard InChI is InChI=1S/C18H18N4OS.C16H17F3N6O2S.C15H11BrF3N5.C15H24N6O2S/c1-12-4-3-5-13(2)17(12)14-6-8-15(9-7-14)21-16(23)10-24-18-19-11-20-22-18;1-21-25-15(24-20)13-9-12(28(26,27)22-2)6-7-14(13)23-11-5-3-4-10(8-11)16(17,18)19;1-24-22-14(21-23-24)12-8-10(16)5-6-13(12)20-11-4-2-3-9(7-11)15(17,18)19;1-17-21-15(20-16)13-10-12(24(22,23)18-2)8-9-14(13)19-11-6-4-3-5-7-11/h3-9,11H,10H2,1-2H3,(H,21,23)(H,19,20,22);3-9,22-23H,20H2,1-2H3;2-8,20H,1H3;8-11,18-19H,3-7,16H2,1-2H3. The molecule has 0 saturated heterocycles. The van der Waals surface area contributed by atoms with Crippen LogP contribution in [0.4, 0.5) is 60.5 Å². The van der Waals surface area contributed by atoms with Gasteiger partial charge in [-0.25, -0.2) is 31.3 Å². The van der Waals surface area contributed by atoms with Gasteiger partial charge < -0.3 is 33.0 Å². The molecule has 26 nitrogen and oxygen atoms in total. The number of nitrogens with one attached hydrogen (secondary N) is 7. The molecule has 7 aromatic carbocycles. The first-order valence-corrected chi connectivity index (χ1v) is 34.8. The third-order valence-corrected chi connectivity index (χ3v) is 18.8. The fraction of sp³-hybridized carbons (Fsp3) is 0.250. The number of nitrogens with two attached hydrogens (primary N) is 2. The van der Waals surface area contributed by atoms with Crippen LogP contribution in [0.5, 0.6) is 0 Å². The molecule has 10 rings (SSSR count). The molecule has 1 aliphatic carbocycles. The number of carbonyl (C=O) groups excluding carboxylic acids is 1. The molecule has 0 bridgehead atoms. The number of hydrogen-bond donors (Lipinski definition) is 9. The fourth-order valence-corrected chi connectivity index (χ4v) is 12.3. The van der Waals surface area contributed by atoms with Crippen molar-refractivity contribution >= 4 is 99.4 Å². The summed E-state index contributed by atoms with van der Waals surface area (Å²) in [7, 11) is -0.248. The zero-order valence-corrected chi connectivity index (χ0v) is 58.7. The van der Waals surface area contributed by atoms with Crippen molar-refractivity contribution in [1.82, 2.24) is 44.8 Å². The van der Waals surface area contributed by atoms with E-state index in [0.29, 0.717) is 39.5 Å². The molecule has 0 spiro atoms. The predicted octanol–water partition coefficient (Wildman–Crippen LogP) is 13.3. The number of amidine groups is 2.